The summed E-state index contributed by atoms with van der Waals surface area (Å²) in [6, 6.07) is 30.4. The summed E-state index contributed by atoms with van der Waals surface area (Å²) in [6.45, 7) is 17.1. The Morgan fingerprint density at radius 3 is 1.96 bits per heavy atom. The smallest absolute Gasteiger partial charge is 0.497 e. The van der Waals surface area contributed by atoms with Gasteiger partial charge in [0, 0.05) is 41.7 Å². The summed E-state index contributed by atoms with van der Waals surface area (Å²) < 4.78 is 77.4. The van der Waals surface area contributed by atoms with Crippen LogP contribution < -0.4 is 9.47 Å². The van der Waals surface area contributed by atoms with E-state index in [4.69, 9.17) is 56.8 Å². The quantitative estimate of drug-likeness (QED) is 0.0705. The Hall–Kier alpha value is -7.03. The molecule has 1 N–H and O–H groups in total. The number of aliphatic hydroxyl groups is 1. The fraction of sp³-hybridized carbons (Fsp3) is 0.523. The van der Waals surface area contributed by atoms with Crippen molar-refractivity contribution in [3.8, 4) is 11.5 Å². The highest BCUT2D eigenvalue weighted by atomic mass is 16.7. The van der Waals surface area contributed by atoms with Gasteiger partial charge >= 0.3 is 30.2 Å². The first-order valence-electron chi connectivity index (χ1n) is 28.7. The van der Waals surface area contributed by atoms with E-state index in [-0.39, 0.29) is 43.1 Å². The average molecular weight is 1160 g/mol. The van der Waals surface area contributed by atoms with E-state index in [1.54, 1.807) is 140 Å². The lowest BCUT2D eigenvalue weighted by Gasteiger charge is -2.71. The van der Waals surface area contributed by atoms with Crippen molar-refractivity contribution in [1.82, 2.24) is 4.90 Å². The van der Waals surface area contributed by atoms with Crippen molar-refractivity contribution >= 4 is 30.2 Å². The highest BCUT2D eigenvalue weighted by Crippen LogP contribution is 2.68. The minimum atomic E-state index is -2.32. The van der Waals surface area contributed by atoms with E-state index in [2.05, 4.69) is 0 Å². The predicted molar refractivity (Wildman–Crippen MR) is 301 cm³/mol. The third kappa shape index (κ3) is 10.9. The molecule has 3 saturated heterocycles. The number of fused-ring (bicyclic) bond motifs is 4. The predicted octanol–water partition coefficient (Wildman–Crippen LogP) is 10.3. The van der Waals surface area contributed by atoms with Crippen LogP contribution in [-0.4, -0.2) is 127 Å². The summed E-state index contributed by atoms with van der Waals surface area (Å²) in [5, 5.41) is 14.6. The number of rotatable bonds is 14. The topological polar surface area (TPSA) is 220 Å². The Kier molecular flexibility index (Phi) is 16.5. The summed E-state index contributed by atoms with van der Waals surface area (Å²) in [6.07, 6.45) is -13.2. The number of benzene rings is 4. The molecule has 5 fully saturated rings. The van der Waals surface area contributed by atoms with Gasteiger partial charge in [-0.2, -0.15) is 0 Å². The van der Waals surface area contributed by atoms with Crippen LogP contribution in [0.4, 0.5) is 9.59 Å². The van der Waals surface area contributed by atoms with Gasteiger partial charge in [0.25, 0.3) is 0 Å². The number of hydrogen-bond donors (Lipinski definition) is 1. The van der Waals surface area contributed by atoms with Crippen LogP contribution in [0.3, 0.4) is 0 Å². The Labute approximate surface area is 490 Å². The van der Waals surface area contributed by atoms with Gasteiger partial charge < -0.3 is 61.9 Å². The molecule has 10 rings (SSSR count). The van der Waals surface area contributed by atoms with E-state index < -0.39 is 131 Å². The number of esters is 3. The third-order valence-corrected chi connectivity index (χ3v) is 17.9. The molecule has 450 valence electrons. The second-order valence-electron chi connectivity index (χ2n) is 25.0. The van der Waals surface area contributed by atoms with Gasteiger partial charge in [0.15, 0.2) is 30.3 Å². The molecular weight excluding hydrogens is 1080 g/mol. The molecular formula is C65H77NO18. The second-order valence-corrected chi connectivity index (χ2v) is 25.0. The lowest BCUT2D eigenvalue weighted by atomic mass is 9.44. The maximum atomic E-state index is 15.7. The van der Waals surface area contributed by atoms with Crippen molar-refractivity contribution in [3.05, 3.63) is 143 Å². The highest BCUT2D eigenvalue weighted by Gasteiger charge is 2.80. The summed E-state index contributed by atoms with van der Waals surface area (Å²) in [5.74, 6) is -2.63. The molecule has 2 bridgehead atoms. The van der Waals surface area contributed by atoms with E-state index in [1.165, 1.54) is 18.9 Å². The molecule has 14 atom stereocenters. The van der Waals surface area contributed by atoms with Crippen molar-refractivity contribution in [1.29, 1.82) is 0 Å². The molecule has 3 aliphatic carbocycles. The maximum Gasteiger partial charge on any atom is 0.509 e. The third-order valence-electron chi connectivity index (χ3n) is 17.9. The zero-order valence-electron chi connectivity index (χ0n) is 49.7. The van der Waals surface area contributed by atoms with Crippen molar-refractivity contribution in [2.45, 2.75) is 173 Å². The number of carbonyl (C=O) groups is 5. The number of nitrogens with zero attached hydrogens (tertiary/aromatic N) is 1. The molecule has 2 saturated carbocycles. The van der Waals surface area contributed by atoms with Crippen molar-refractivity contribution < 1.29 is 85.9 Å². The Bertz CT molecular complexity index is 3110. The average Bonchev–Trinajstić information content (AvgIpc) is 2.52. The first kappa shape index (κ1) is 60.1. The lowest BCUT2D eigenvalue weighted by Crippen LogP contribution is -2.83. The largest absolute Gasteiger partial charge is 0.509 e. The van der Waals surface area contributed by atoms with E-state index in [9.17, 15) is 19.5 Å². The van der Waals surface area contributed by atoms with Crippen molar-refractivity contribution in [2.75, 3.05) is 20.8 Å². The van der Waals surface area contributed by atoms with Crippen LogP contribution in [0.1, 0.15) is 128 Å². The minimum Gasteiger partial charge on any atom is -0.497 e. The number of amides is 1. The highest BCUT2D eigenvalue weighted by molar-refractivity contribution is 5.89. The number of carbonyl (C=O) groups excluding carboxylic acids is 5. The van der Waals surface area contributed by atoms with Gasteiger partial charge in [-0.3, -0.25) is 9.69 Å². The van der Waals surface area contributed by atoms with Crippen LogP contribution in [-0.2, 0) is 63.6 Å². The molecule has 2 unspecified atom stereocenters. The van der Waals surface area contributed by atoms with Gasteiger partial charge in [-0.15, -0.1) is 0 Å². The van der Waals surface area contributed by atoms with Crippen LogP contribution in [0.5, 0.6) is 11.5 Å². The molecule has 6 aliphatic rings. The molecule has 84 heavy (non-hydrogen) atoms. The fourth-order valence-corrected chi connectivity index (χ4v) is 13.9. The molecule has 4 aromatic rings. The first-order chi connectivity index (χ1) is 39.8. The number of methoxy groups -OCH3 is 2. The molecule has 0 aromatic heterocycles. The molecule has 3 aliphatic heterocycles. The Morgan fingerprint density at radius 2 is 1.39 bits per heavy atom. The summed E-state index contributed by atoms with van der Waals surface area (Å²) in [5.41, 5.74) is -5.48. The van der Waals surface area contributed by atoms with E-state index in [0.717, 1.165) is 0 Å². The van der Waals surface area contributed by atoms with Crippen molar-refractivity contribution in [3.63, 3.8) is 0 Å². The molecule has 3 heterocycles. The summed E-state index contributed by atoms with van der Waals surface area (Å²) >= 11 is 0. The maximum absolute atomic E-state index is 15.7. The standard InChI is InChI=1S/C65H77NO18/c1-36(2)31-45-50(79-55(40-23-27-43(73-11)28-24-40)66(45)59(70)84-61(5,6)7)57(69)77-46-33-65(72)54(81-56(68)41-21-17-14-18-22-41)52-63(10)47(32-48-64(52,35-76-48)83-38(4)67)78-58(42-25-29-44(74-12)30-26-42)82-53(63)51(49(37(46)3)62(65,8)9)80-60(71)75-34-39-19-15-13-16-20-39/h13-30,36,45-48,50-55,58,72H,31-35H2,1-12H3/t45-,46-,47-,48+,50+,51-,52-,53-,54-,55?,58?,63+,64-,65+/m0/s1. The zero-order chi connectivity index (χ0) is 60.3. The van der Waals surface area contributed by atoms with Crippen LogP contribution >= 0.6 is 0 Å². The van der Waals surface area contributed by atoms with Gasteiger partial charge in [-0.25, -0.2) is 19.2 Å². The number of hydrogen-bond acceptors (Lipinski definition) is 18. The first-order valence-corrected chi connectivity index (χ1v) is 28.7. The normalized spacial score (nSPS) is 32.0. The van der Waals surface area contributed by atoms with Crippen LogP contribution in [0.2, 0.25) is 0 Å². The second kappa shape index (κ2) is 23.1. The van der Waals surface area contributed by atoms with E-state index in [0.29, 0.717) is 33.8 Å². The van der Waals surface area contributed by atoms with Gasteiger partial charge in [0.05, 0.1) is 44.5 Å². The lowest BCUT2D eigenvalue weighted by molar-refractivity contribution is -0.413. The van der Waals surface area contributed by atoms with Crippen molar-refractivity contribution in [2.24, 2.45) is 22.7 Å². The molecule has 19 heteroatoms. The SMILES string of the molecule is COc1ccc(C2O[C@H]3C[C@H]4OC[C@@]4(OC(C)=O)[C@H]4[C@H](OC(=O)c5ccccc5)[C@]5(O)C[C@H](OC(=O)[C@@H]6OC(c7ccc(OC)cc7)N(C(=O)OC(C)(C)C)[C@H]6CC(C)C)C(C)=C([C@H](OC(=O)OCc6ccccc6)[C@H](O2)[C@]34C)C5(C)C)cc1. The molecule has 0 radical (unpaired) electrons. The molecule has 19 nitrogen and oxygen atoms in total. The van der Waals surface area contributed by atoms with Crippen LogP contribution in [0.25, 0.3) is 0 Å². The summed E-state index contributed by atoms with van der Waals surface area (Å²) in [7, 11) is 3.09. The molecule has 4 aromatic carbocycles. The van der Waals surface area contributed by atoms with E-state index >= 15 is 9.59 Å². The minimum absolute atomic E-state index is 0.0848. The van der Waals surface area contributed by atoms with Gasteiger partial charge in [-0.05, 0) is 93.1 Å². The number of ether oxygens (including phenoxy) is 12. The Morgan fingerprint density at radius 1 is 0.774 bits per heavy atom. The fourth-order valence-electron chi connectivity index (χ4n) is 13.9. The van der Waals surface area contributed by atoms with Gasteiger partial charge in [0.2, 0.25) is 0 Å². The summed E-state index contributed by atoms with van der Waals surface area (Å²) in [4.78, 5) is 75.2. The van der Waals surface area contributed by atoms with Gasteiger partial charge in [0.1, 0.15) is 53.7 Å². The van der Waals surface area contributed by atoms with Gasteiger partial charge in [-0.1, -0.05) is 107 Å². The zero-order valence-corrected chi connectivity index (χ0v) is 49.7. The monoisotopic (exact) mass is 1160 g/mol. The molecule has 1 amide bonds. The van der Waals surface area contributed by atoms with Crippen LogP contribution in [0.15, 0.2) is 120 Å². The van der Waals surface area contributed by atoms with Crippen LogP contribution in [0, 0.1) is 22.7 Å². The molecule has 0 spiro atoms. The van der Waals surface area contributed by atoms with E-state index in [1.807, 2.05) is 39.0 Å². The Balaban J connectivity index is 1.17.